The maximum absolute atomic E-state index is 5.01. The first-order chi connectivity index (χ1) is 23.8. The Kier molecular flexibility index (Phi) is 5.74. The van der Waals surface area contributed by atoms with Crippen molar-refractivity contribution in [3.63, 3.8) is 0 Å². The molecule has 0 amide bonds. The minimum absolute atomic E-state index is 0.607. The zero-order chi connectivity index (χ0) is 31.6. The number of hydrogen-bond acceptors (Lipinski definition) is 5. The van der Waals surface area contributed by atoms with Crippen molar-refractivity contribution in [3.8, 4) is 39.9 Å². The largest absolute Gasteiger partial charge is 0.351 e. The summed E-state index contributed by atoms with van der Waals surface area (Å²) < 4.78 is 2.32. The van der Waals surface area contributed by atoms with E-state index in [0.717, 1.165) is 55.2 Å². The van der Waals surface area contributed by atoms with Crippen molar-refractivity contribution in [1.29, 1.82) is 0 Å². The van der Waals surface area contributed by atoms with Crippen molar-refractivity contribution in [3.05, 3.63) is 146 Å². The van der Waals surface area contributed by atoms with Crippen LogP contribution >= 0.6 is 0 Å². The van der Waals surface area contributed by atoms with Gasteiger partial charge in [-0.2, -0.15) is 0 Å². The molecule has 7 nitrogen and oxygen atoms in total. The van der Waals surface area contributed by atoms with E-state index in [1.54, 1.807) is 0 Å². The van der Waals surface area contributed by atoms with Crippen LogP contribution < -0.4 is 0 Å². The molecule has 0 bridgehead atoms. The van der Waals surface area contributed by atoms with Gasteiger partial charge in [0.05, 0.1) is 34.5 Å². The second kappa shape index (κ2) is 10.4. The lowest BCUT2D eigenvalue weighted by Gasteiger charge is -2.12. The van der Waals surface area contributed by atoms with Gasteiger partial charge in [-0.3, -0.25) is 9.97 Å². The molecule has 0 fully saturated rings. The summed E-state index contributed by atoms with van der Waals surface area (Å²) >= 11 is 0. The second-order valence-electron chi connectivity index (χ2n) is 11.9. The number of aromatic amines is 1. The molecule has 48 heavy (non-hydrogen) atoms. The van der Waals surface area contributed by atoms with E-state index in [0.29, 0.717) is 17.5 Å². The third-order valence-corrected chi connectivity index (χ3v) is 9.14. The van der Waals surface area contributed by atoms with E-state index < -0.39 is 0 Å². The van der Waals surface area contributed by atoms with E-state index in [1.807, 2.05) is 85.5 Å². The van der Waals surface area contributed by atoms with E-state index in [1.165, 1.54) is 21.5 Å². The summed E-state index contributed by atoms with van der Waals surface area (Å²) in [6, 6.07) is 41.4. The van der Waals surface area contributed by atoms with E-state index in [-0.39, 0.29) is 0 Å². The highest BCUT2D eigenvalue weighted by molar-refractivity contribution is 6.35. The van der Waals surface area contributed by atoms with Crippen LogP contribution in [-0.2, 0) is 0 Å². The summed E-state index contributed by atoms with van der Waals surface area (Å²) in [6.45, 7) is 0. The first-order valence-electron chi connectivity index (χ1n) is 15.8. The predicted molar refractivity (Wildman–Crippen MR) is 193 cm³/mol. The minimum Gasteiger partial charge on any atom is -0.351 e. The molecule has 7 heteroatoms. The van der Waals surface area contributed by atoms with Crippen molar-refractivity contribution in [2.75, 3.05) is 0 Å². The SMILES string of the molecule is c1ccc(-c2nc(-c3ccccc3)nc(-c3cccc(-n4c5cnccc5c5c6ccccc6c6c7ccncc7[nH]c6c54)c3)n2)cc1. The van der Waals surface area contributed by atoms with Crippen LogP contribution in [0.1, 0.15) is 0 Å². The molecule has 0 aliphatic rings. The van der Waals surface area contributed by atoms with E-state index in [9.17, 15) is 0 Å². The maximum atomic E-state index is 5.01. The molecular formula is C41H25N7. The van der Waals surface area contributed by atoms with Gasteiger partial charge in [0.2, 0.25) is 0 Å². The molecule has 5 aromatic heterocycles. The van der Waals surface area contributed by atoms with Gasteiger partial charge in [0, 0.05) is 56.3 Å². The van der Waals surface area contributed by atoms with Crippen LogP contribution in [-0.4, -0.2) is 34.5 Å². The first kappa shape index (κ1) is 26.5. The highest BCUT2D eigenvalue weighted by Gasteiger charge is 2.22. The number of aromatic nitrogens is 7. The monoisotopic (exact) mass is 615 g/mol. The number of benzene rings is 5. The minimum atomic E-state index is 0.607. The molecule has 224 valence electrons. The smallest absolute Gasteiger partial charge is 0.164 e. The van der Waals surface area contributed by atoms with E-state index >= 15 is 0 Å². The molecule has 1 N–H and O–H groups in total. The highest BCUT2D eigenvalue weighted by atomic mass is 15.0. The summed E-state index contributed by atoms with van der Waals surface area (Å²) in [5, 5.41) is 7.04. The van der Waals surface area contributed by atoms with Crippen LogP contribution in [0.3, 0.4) is 0 Å². The lowest BCUT2D eigenvalue weighted by Crippen LogP contribution is -2.01. The number of nitrogens with zero attached hydrogens (tertiary/aromatic N) is 6. The van der Waals surface area contributed by atoms with Crippen molar-refractivity contribution in [2.45, 2.75) is 0 Å². The van der Waals surface area contributed by atoms with Crippen LogP contribution in [0.4, 0.5) is 0 Å². The second-order valence-corrected chi connectivity index (χ2v) is 11.9. The molecule has 0 aliphatic heterocycles. The summed E-state index contributed by atoms with van der Waals surface area (Å²) in [5.74, 6) is 1.87. The van der Waals surface area contributed by atoms with Crippen LogP contribution in [0.5, 0.6) is 0 Å². The Bertz CT molecular complexity index is 2780. The fraction of sp³-hybridized carbons (Fsp3) is 0. The number of nitrogens with one attached hydrogen (secondary N) is 1. The van der Waals surface area contributed by atoms with Crippen LogP contribution in [0, 0.1) is 0 Å². The van der Waals surface area contributed by atoms with Crippen LogP contribution in [0.25, 0.3) is 94.2 Å². The summed E-state index contributed by atoms with van der Waals surface area (Å²) in [6.07, 6.45) is 7.59. The molecule has 0 unspecified atom stereocenters. The molecule has 0 radical (unpaired) electrons. The summed E-state index contributed by atoms with van der Waals surface area (Å²) in [4.78, 5) is 27.7. The van der Waals surface area contributed by atoms with Gasteiger partial charge in [-0.05, 0) is 35.0 Å². The number of rotatable bonds is 4. The Labute approximate surface area is 274 Å². The number of hydrogen-bond donors (Lipinski definition) is 1. The molecule has 0 aliphatic carbocycles. The number of fused-ring (bicyclic) bond motifs is 10. The standard InChI is InChI=1S/C41H25N7/c1-3-10-25(11-4-1)39-45-40(26-12-5-2-6-13-26)47-41(46-39)27-14-9-15-28(22-27)48-34-24-43-21-19-32(34)36-30-17-8-7-16-29(30)35-31-18-20-42-23-33(31)44-37(35)38(36)48/h1-24,44H. The zero-order valence-electron chi connectivity index (χ0n) is 25.5. The molecule has 0 saturated heterocycles. The molecule has 5 heterocycles. The fourth-order valence-electron chi connectivity index (χ4n) is 7.06. The van der Waals surface area contributed by atoms with Gasteiger partial charge in [-0.25, -0.2) is 15.0 Å². The fourth-order valence-corrected chi connectivity index (χ4v) is 7.06. The van der Waals surface area contributed by atoms with Gasteiger partial charge in [0.1, 0.15) is 0 Å². The normalized spacial score (nSPS) is 11.8. The van der Waals surface area contributed by atoms with Crippen molar-refractivity contribution in [2.24, 2.45) is 0 Å². The van der Waals surface area contributed by atoms with E-state index in [4.69, 9.17) is 15.0 Å². The van der Waals surface area contributed by atoms with Gasteiger partial charge in [-0.1, -0.05) is 97.1 Å². The highest BCUT2D eigenvalue weighted by Crippen LogP contribution is 2.44. The van der Waals surface area contributed by atoms with Gasteiger partial charge >= 0.3 is 0 Å². The Morgan fingerprint density at radius 3 is 1.77 bits per heavy atom. The molecule has 10 rings (SSSR count). The molecule has 0 spiro atoms. The molecule has 5 aromatic carbocycles. The van der Waals surface area contributed by atoms with Gasteiger partial charge in [0.25, 0.3) is 0 Å². The van der Waals surface area contributed by atoms with Gasteiger partial charge in [-0.15, -0.1) is 0 Å². The quantitative estimate of drug-likeness (QED) is 0.213. The van der Waals surface area contributed by atoms with Crippen LogP contribution in [0.15, 0.2) is 146 Å². The zero-order valence-corrected chi connectivity index (χ0v) is 25.5. The molecular weight excluding hydrogens is 591 g/mol. The Morgan fingerprint density at radius 2 is 1.06 bits per heavy atom. The van der Waals surface area contributed by atoms with Crippen molar-refractivity contribution < 1.29 is 0 Å². The maximum Gasteiger partial charge on any atom is 0.164 e. The van der Waals surface area contributed by atoms with Gasteiger partial charge < -0.3 is 9.55 Å². The van der Waals surface area contributed by atoms with Crippen molar-refractivity contribution in [1.82, 2.24) is 34.5 Å². The topological polar surface area (TPSA) is 85.2 Å². The number of pyridine rings is 2. The first-order valence-corrected chi connectivity index (χ1v) is 15.8. The third-order valence-electron chi connectivity index (χ3n) is 9.14. The average molecular weight is 616 g/mol. The van der Waals surface area contributed by atoms with E-state index in [2.05, 4.69) is 80.2 Å². The summed E-state index contributed by atoms with van der Waals surface area (Å²) in [5.41, 5.74) is 7.91. The Hall–Kier alpha value is -6.73. The van der Waals surface area contributed by atoms with Gasteiger partial charge in [0.15, 0.2) is 17.5 Å². The predicted octanol–water partition coefficient (Wildman–Crippen LogP) is 9.55. The Morgan fingerprint density at radius 1 is 0.479 bits per heavy atom. The summed E-state index contributed by atoms with van der Waals surface area (Å²) in [7, 11) is 0. The molecule has 10 aromatic rings. The third kappa shape index (κ3) is 3.98. The Balaban J connectivity index is 1.28. The number of H-pyrrole nitrogens is 1. The molecule has 0 atom stereocenters. The lowest BCUT2D eigenvalue weighted by atomic mass is 9.99. The average Bonchev–Trinajstić information content (AvgIpc) is 3.73. The molecule has 0 saturated carbocycles. The van der Waals surface area contributed by atoms with Crippen LogP contribution in [0.2, 0.25) is 0 Å². The lowest BCUT2D eigenvalue weighted by molar-refractivity contribution is 1.07. The van der Waals surface area contributed by atoms with Crippen molar-refractivity contribution >= 4 is 54.4 Å².